The predicted octanol–water partition coefficient (Wildman–Crippen LogP) is -2.33. The van der Waals surface area contributed by atoms with Crippen LogP contribution in [0.4, 0.5) is 0 Å². The maximum atomic E-state index is 11.5. The maximum absolute atomic E-state index is 11.5. The lowest BCUT2D eigenvalue weighted by Crippen LogP contribution is -2.45. The largest absolute Gasteiger partial charge is 0.387 e. The normalized spacial score (nSPS) is 26.2. The number of hydrogen-bond acceptors (Lipinski definition) is 6. The van der Waals surface area contributed by atoms with Crippen molar-refractivity contribution in [1.82, 2.24) is 10.0 Å². The van der Waals surface area contributed by atoms with Crippen LogP contribution < -0.4 is 10.0 Å². The van der Waals surface area contributed by atoms with Crippen molar-refractivity contribution in [3.05, 3.63) is 0 Å². The zero-order valence-electron chi connectivity index (χ0n) is 9.64. The summed E-state index contributed by atoms with van der Waals surface area (Å²) >= 11 is 0. The molecule has 0 aromatic carbocycles. The van der Waals surface area contributed by atoms with Gasteiger partial charge in [0, 0.05) is 19.3 Å². The van der Waals surface area contributed by atoms with Gasteiger partial charge in [0.05, 0.1) is 17.1 Å². The van der Waals surface area contributed by atoms with Crippen molar-refractivity contribution in [2.75, 3.05) is 37.4 Å². The monoisotopic (exact) mass is 286 g/mol. The molecule has 1 aliphatic heterocycles. The van der Waals surface area contributed by atoms with Gasteiger partial charge in [-0.2, -0.15) is 0 Å². The summed E-state index contributed by atoms with van der Waals surface area (Å²) in [5.41, 5.74) is -1.07. The molecule has 1 rings (SSSR count). The van der Waals surface area contributed by atoms with Gasteiger partial charge in [0.1, 0.15) is 9.84 Å². The summed E-state index contributed by atoms with van der Waals surface area (Å²) in [5, 5.41) is 12.8. The van der Waals surface area contributed by atoms with E-state index in [4.69, 9.17) is 0 Å². The Labute approximate surface area is 102 Å². The Balaban J connectivity index is 2.44. The number of aliphatic hydroxyl groups is 1. The minimum absolute atomic E-state index is 0.0912. The van der Waals surface area contributed by atoms with Crippen LogP contribution in [-0.4, -0.2) is 64.9 Å². The molecule has 7 nitrogen and oxygen atoms in total. The van der Waals surface area contributed by atoms with E-state index in [1.54, 1.807) is 0 Å². The second-order valence-electron chi connectivity index (χ2n) is 4.42. The number of hydrogen-bond donors (Lipinski definition) is 3. The molecular formula is C8H18N2O5S2. The summed E-state index contributed by atoms with van der Waals surface area (Å²) < 4.78 is 46.9. The molecule has 0 radical (unpaired) electrons. The average molecular weight is 286 g/mol. The third-order valence-corrected chi connectivity index (χ3v) is 5.10. The molecule has 0 spiro atoms. The lowest BCUT2D eigenvalue weighted by atomic mass is 10.1. The molecule has 1 unspecified atom stereocenters. The summed E-state index contributed by atoms with van der Waals surface area (Å²) in [7, 11) is -6.96. The van der Waals surface area contributed by atoms with Gasteiger partial charge >= 0.3 is 0 Å². The molecule has 17 heavy (non-hydrogen) atoms. The van der Waals surface area contributed by atoms with Crippen LogP contribution in [0.15, 0.2) is 0 Å². The molecule has 0 amide bonds. The molecule has 0 aliphatic carbocycles. The first-order valence-corrected chi connectivity index (χ1v) is 8.91. The molecule has 1 saturated heterocycles. The molecule has 1 heterocycles. The van der Waals surface area contributed by atoms with Gasteiger partial charge in [-0.25, -0.2) is 21.6 Å². The second kappa shape index (κ2) is 5.19. The van der Waals surface area contributed by atoms with Gasteiger partial charge < -0.3 is 10.4 Å². The SMILES string of the molecule is CS(=O)(=O)CCS(=O)(=O)NCC1(O)CCNC1. The average Bonchev–Trinajstić information content (AvgIpc) is 2.60. The first-order chi connectivity index (χ1) is 7.62. The summed E-state index contributed by atoms with van der Waals surface area (Å²) in [5.74, 6) is -0.894. The van der Waals surface area contributed by atoms with Crippen molar-refractivity contribution in [2.45, 2.75) is 12.0 Å². The van der Waals surface area contributed by atoms with Crippen LogP contribution in [0.3, 0.4) is 0 Å². The predicted molar refractivity (Wildman–Crippen MR) is 63.9 cm³/mol. The van der Waals surface area contributed by atoms with Gasteiger partial charge in [-0.1, -0.05) is 0 Å². The van der Waals surface area contributed by atoms with Crippen molar-refractivity contribution in [3.63, 3.8) is 0 Å². The topological polar surface area (TPSA) is 113 Å². The molecule has 9 heteroatoms. The summed E-state index contributed by atoms with van der Waals surface area (Å²) in [4.78, 5) is 0. The molecule has 1 fully saturated rings. The standard InChI is InChI=1S/C8H18N2O5S2/c1-16(12,13)4-5-17(14,15)10-7-8(11)2-3-9-6-8/h9-11H,2-7H2,1H3. The number of β-amino-alcohol motifs (C(OH)–C–C–N with tert-alkyl or cyclic N) is 1. The molecule has 0 saturated carbocycles. The van der Waals surface area contributed by atoms with E-state index in [0.717, 1.165) is 6.26 Å². The molecule has 1 atom stereocenters. The van der Waals surface area contributed by atoms with Gasteiger partial charge in [0.15, 0.2) is 0 Å². The lowest BCUT2D eigenvalue weighted by molar-refractivity contribution is 0.0668. The van der Waals surface area contributed by atoms with E-state index in [0.29, 0.717) is 19.5 Å². The lowest BCUT2D eigenvalue weighted by Gasteiger charge is -2.21. The van der Waals surface area contributed by atoms with E-state index in [9.17, 15) is 21.9 Å². The minimum Gasteiger partial charge on any atom is -0.387 e. The second-order valence-corrected chi connectivity index (χ2v) is 8.61. The zero-order chi connectivity index (χ0) is 13.2. The molecule has 3 N–H and O–H groups in total. The molecular weight excluding hydrogens is 268 g/mol. The quantitative estimate of drug-likeness (QED) is 0.505. The maximum Gasteiger partial charge on any atom is 0.212 e. The van der Waals surface area contributed by atoms with E-state index in [1.165, 1.54) is 0 Å². The van der Waals surface area contributed by atoms with Crippen molar-refractivity contribution >= 4 is 19.9 Å². The van der Waals surface area contributed by atoms with Gasteiger partial charge in [0.2, 0.25) is 10.0 Å². The van der Waals surface area contributed by atoms with E-state index in [2.05, 4.69) is 10.0 Å². The molecule has 102 valence electrons. The molecule has 0 aromatic rings. The third kappa shape index (κ3) is 5.77. The van der Waals surface area contributed by atoms with Gasteiger partial charge in [0.25, 0.3) is 0 Å². The summed E-state index contributed by atoms with van der Waals surface area (Å²) in [6, 6.07) is 0. The summed E-state index contributed by atoms with van der Waals surface area (Å²) in [6.45, 7) is 0.884. The Morgan fingerprint density at radius 3 is 2.41 bits per heavy atom. The number of rotatable bonds is 6. The highest BCUT2D eigenvalue weighted by atomic mass is 32.2. The highest BCUT2D eigenvalue weighted by Crippen LogP contribution is 2.12. The smallest absolute Gasteiger partial charge is 0.212 e. The highest BCUT2D eigenvalue weighted by molar-refractivity contribution is 7.93. The molecule has 0 bridgehead atoms. The molecule has 1 aliphatic rings. The van der Waals surface area contributed by atoms with E-state index in [1.807, 2.05) is 0 Å². The Morgan fingerprint density at radius 1 is 1.29 bits per heavy atom. The highest BCUT2D eigenvalue weighted by Gasteiger charge is 2.32. The van der Waals surface area contributed by atoms with Crippen molar-refractivity contribution in [2.24, 2.45) is 0 Å². The molecule has 0 aromatic heterocycles. The van der Waals surface area contributed by atoms with Crippen LogP contribution >= 0.6 is 0 Å². The number of nitrogens with one attached hydrogen (secondary N) is 2. The van der Waals surface area contributed by atoms with Crippen LogP contribution in [0.5, 0.6) is 0 Å². The van der Waals surface area contributed by atoms with Gasteiger partial charge in [-0.15, -0.1) is 0 Å². The van der Waals surface area contributed by atoms with E-state index < -0.39 is 37.0 Å². The van der Waals surface area contributed by atoms with Crippen molar-refractivity contribution in [1.29, 1.82) is 0 Å². The van der Waals surface area contributed by atoms with Gasteiger partial charge in [-0.3, -0.25) is 0 Å². The summed E-state index contributed by atoms with van der Waals surface area (Å²) in [6.07, 6.45) is 1.46. The fraction of sp³-hybridized carbons (Fsp3) is 1.00. The Bertz CT molecular complexity index is 450. The first kappa shape index (κ1) is 14.8. The Hall–Kier alpha value is -0.220. The fourth-order valence-corrected chi connectivity index (χ4v) is 4.18. The van der Waals surface area contributed by atoms with E-state index in [-0.39, 0.29) is 6.54 Å². The van der Waals surface area contributed by atoms with Crippen LogP contribution in [0.2, 0.25) is 0 Å². The van der Waals surface area contributed by atoms with Crippen LogP contribution in [0.25, 0.3) is 0 Å². The van der Waals surface area contributed by atoms with Crippen LogP contribution in [0, 0.1) is 0 Å². The number of sulfonamides is 1. The minimum atomic E-state index is -3.66. The van der Waals surface area contributed by atoms with Crippen molar-refractivity contribution in [3.8, 4) is 0 Å². The van der Waals surface area contributed by atoms with Gasteiger partial charge in [-0.05, 0) is 13.0 Å². The fourth-order valence-electron chi connectivity index (χ4n) is 1.46. The van der Waals surface area contributed by atoms with Crippen LogP contribution in [0.1, 0.15) is 6.42 Å². The zero-order valence-corrected chi connectivity index (χ0v) is 11.3. The Kier molecular flexibility index (Phi) is 4.53. The first-order valence-electron chi connectivity index (χ1n) is 5.20. The van der Waals surface area contributed by atoms with E-state index >= 15 is 0 Å². The number of sulfone groups is 1. The van der Waals surface area contributed by atoms with Crippen molar-refractivity contribution < 1.29 is 21.9 Å². The third-order valence-electron chi connectivity index (χ3n) is 2.57. The van der Waals surface area contributed by atoms with Crippen LogP contribution in [-0.2, 0) is 19.9 Å². The Morgan fingerprint density at radius 2 is 1.94 bits per heavy atom.